The number of carbonyl (C=O) groups is 1. The second kappa shape index (κ2) is 7.09. The highest BCUT2D eigenvalue weighted by atomic mass is 16.6. The molecule has 2 rings (SSSR count). The molecule has 1 aromatic heterocycles. The van der Waals surface area contributed by atoms with Gasteiger partial charge < -0.3 is 14.7 Å². The smallest absolute Gasteiger partial charge is 0.410 e. The fourth-order valence-electron chi connectivity index (χ4n) is 2.69. The van der Waals surface area contributed by atoms with Crippen LogP contribution >= 0.6 is 0 Å². The molecule has 22 heavy (non-hydrogen) atoms. The SMILES string of the molecule is CC(C)(C)OC(=O)N1CCC(O)C(CCc2cccnc2)C1. The maximum atomic E-state index is 12.2. The maximum absolute atomic E-state index is 12.2. The Balaban J connectivity index is 1.89. The second-order valence-corrected chi connectivity index (χ2v) is 6.94. The molecule has 1 N–H and O–H groups in total. The van der Waals surface area contributed by atoms with Crippen LogP contribution < -0.4 is 0 Å². The summed E-state index contributed by atoms with van der Waals surface area (Å²) in [5, 5.41) is 10.2. The molecule has 1 aliphatic rings. The third kappa shape index (κ3) is 4.98. The summed E-state index contributed by atoms with van der Waals surface area (Å²) in [7, 11) is 0. The van der Waals surface area contributed by atoms with Crippen LogP contribution in [0, 0.1) is 5.92 Å². The van der Waals surface area contributed by atoms with Gasteiger partial charge in [-0.3, -0.25) is 4.98 Å². The van der Waals surface area contributed by atoms with Crippen LogP contribution in [0.4, 0.5) is 4.79 Å². The zero-order chi connectivity index (χ0) is 16.2. The van der Waals surface area contributed by atoms with Crippen molar-refractivity contribution in [1.82, 2.24) is 9.88 Å². The van der Waals surface area contributed by atoms with Crippen molar-refractivity contribution in [1.29, 1.82) is 0 Å². The molecule has 1 fully saturated rings. The molecule has 0 saturated carbocycles. The molecule has 2 heterocycles. The zero-order valence-electron chi connectivity index (χ0n) is 13.7. The van der Waals surface area contributed by atoms with Crippen molar-refractivity contribution in [3.05, 3.63) is 30.1 Å². The fourth-order valence-corrected chi connectivity index (χ4v) is 2.69. The minimum absolute atomic E-state index is 0.0847. The molecule has 5 nitrogen and oxygen atoms in total. The van der Waals surface area contributed by atoms with Crippen molar-refractivity contribution in [2.45, 2.75) is 51.7 Å². The third-order valence-corrected chi connectivity index (χ3v) is 3.87. The van der Waals surface area contributed by atoms with E-state index in [1.807, 2.05) is 39.1 Å². The van der Waals surface area contributed by atoms with Gasteiger partial charge in [-0.25, -0.2) is 4.79 Å². The van der Waals surface area contributed by atoms with Gasteiger partial charge >= 0.3 is 6.09 Å². The summed E-state index contributed by atoms with van der Waals surface area (Å²) in [5.41, 5.74) is 0.669. The first-order valence-electron chi connectivity index (χ1n) is 7.90. The van der Waals surface area contributed by atoms with Gasteiger partial charge in [0.15, 0.2) is 0 Å². The zero-order valence-corrected chi connectivity index (χ0v) is 13.7. The number of carbonyl (C=O) groups excluding carboxylic acids is 1. The van der Waals surface area contributed by atoms with Crippen LogP contribution in [0.5, 0.6) is 0 Å². The van der Waals surface area contributed by atoms with Crippen molar-refractivity contribution in [2.75, 3.05) is 13.1 Å². The highest BCUT2D eigenvalue weighted by molar-refractivity contribution is 5.68. The van der Waals surface area contributed by atoms with E-state index in [2.05, 4.69) is 4.98 Å². The van der Waals surface area contributed by atoms with Crippen LogP contribution in [0.15, 0.2) is 24.5 Å². The Morgan fingerprint density at radius 3 is 2.91 bits per heavy atom. The molecule has 2 unspecified atom stereocenters. The average Bonchev–Trinajstić information content (AvgIpc) is 2.45. The second-order valence-electron chi connectivity index (χ2n) is 6.94. The number of aromatic nitrogens is 1. The highest BCUT2D eigenvalue weighted by Crippen LogP contribution is 2.23. The Morgan fingerprint density at radius 1 is 1.50 bits per heavy atom. The number of nitrogens with zero attached hydrogens (tertiary/aromatic N) is 2. The van der Waals surface area contributed by atoms with E-state index in [-0.39, 0.29) is 18.1 Å². The Kier molecular flexibility index (Phi) is 5.40. The lowest BCUT2D eigenvalue weighted by Gasteiger charge is -2.37. The summed E-state index contributed by atoms with van der Waals surface area (Å²) in [5.74, 6) is 0.0847. The van der Waals surface area contributed by atoms with Crippen molar-refractivity contribution in [3.8, 4) is 0 Å². The molecule has 0 bridgehead atoms. The van der Waals surface area contributed by atoms with Gasteiger partial charge in [0.25, 0.3) is 0 Å². The summed E-state index contributed by atoms with van der Waals surface area (Å²) in [6, 6.07) is 3.95. The number of aliphatic hydroxyl groups is 1. The van der Waals surface area contributed by atoms with Crippen LogP contribution in [-0.4, -0.2) is 45.9 Å². The lowest BCUT2D eigenvalue weighted by Crippen LogP contribution is -2.47. The van der Waals surface area contributed by atoms with Crippen LogP contribution in [-0.2, 0) is 11.2 Å². The summed E-state index contributed by atoms with van der Waals surface area (Å²) < 4.78 is 5.42. The van der Waals surface area contributed by atoms with Crippen molar-refractivity contribution in [3.63, 3.8) is 0 Å². The van der Waals surface area contributed by atoms with Crippen LogP contribution in [0.2, 0.25) is 0 Å². The van der Waals surface area contributed by atoms with Crippen LogP contribution in [0.3, 0.4) is 0 Å². The van der Waals surface area contributed by atoms with Crippen molar-refractivity contribution in [2.24, 2.45) is 5.92 Å². The van der Waals surface area contributed by atoms with Gasteiger partial charge in [-0.05, 0) is 51.7 Å². The van der Waals surface area contributed by atoms with Gasteiger partial charge in [0.2, 0.25) is 0 Å². The normalized spacial score (nSPS) is 22.5. The first kappa shape index (κ1) is 16.7. The Hall–Kier alpha value is -1.62. The van der Waals surface area contributed by atoms with E-state index in [0.29, 0.717) is 19.5 Å². The summed E-state index contributed by atoms with van der Waals surface area (Å²) >= 11 is 0. The molecule has 1 aliphatic heterocycles. The number of rotatable bonds is 3. The van der Waals surface area contributed by atoms with E-state index >= 15 is 0 Å². The van der Waals surface area contributed by atoms with Gasteiger partial charge in [-0.2, -0.15) is 0 Å². The highest BCUT2D eigenvalue weighted by Gasteiger charge is 2.32. The molecule has 5 heteroatoms. The molecule has 0 spiro atoms. The third-order valence-electron chi connectivity index (χ3n) is 3.87. The standard InChI is InChI=1S/C17H26N2O3/c1-17(2,3)22-16(21)19-10-8-15(20)14(12-19)7-6-13-5-4-9-18-11-13/h4-5,9,11,14-15,20H,6-8,10,12H2,1-3H3. The molecule has 2 atom stereocenters. The predicted molar refractivity (Wildman–Crippen MR) is 84.5 cm³/mol. The average molecular weight is 306 g/mol. The van der Waals surface area contributed by atoms with E-state index in [1.54, 1.807) is 11.1 Å². The van der Waals surface area contributed by atoms with Gasteiger partial charge in [0.1, 0.15) is 5.60 Å². The number of hydrogen-bond acceptors (Lipinski definition) is 4. The van der Waals surface area contributed by atoms with Crippen LogP contribution in [0.1, 0.15) is 39.2 Å². The van der Waals surface area contributed by atoms with E-state index in [1.165, 1.54) is 0 Å². The largest absolute Gasteiger partial charge is 0.444 e. The molecular formula is C17H26N2O3. The molecule has 0 aliphatic carbocycles. The number of pyridine rings is 1. The van der Waals surface area contributed by atoms with E-state index < -0.39 is 5.60 Å². The molecular weight excluding hydrogens is 280 g/mol. The summed E-state index contributed by atoms with van der Waals surface area (Å²) in [4.78, 5) is 18.0. The van der Waals surface area contributed by atoms with E-state index in [0.717, 1.165) is 18.4 Å². The predicted octanol–water partition coefficient (Wildman–Crippen LogP) is 2.63. The number of ether oxygens (including phenoxy) is 1. The lowest BCUT2D eigenvalue weighted by molar-refractivity contribution is -0.00983. The van der Waals surface area contributed by atoms with Gasteiger partial charge in [0, 0.05) is 31.4 Å². The maximum Gasteiger partial charge on any atom is 0.410 e. The van der Waals surface area contributed by atoms with Gasteiger partial charge in [-0.1, -0.05) is 6.07 Å². The molecule has 0 radical (unpaired) electrons. The van der Waals surface area contributed by atoms with E-state index in [4.69, 9.17) is 4.74 Å². The molecule has 1 saturated heterocycles. The lowest BCUT2D eigenvalue weighted by atomic mass is 9.89. The van der Waals surface area contributed by atoms with Crippen molar-refractivity contribution >= 4 is 6.09 Å². The molecule has 1 aromatic rings. The number of hydrogen-bond donors (Lipinski definition) is 1. The monoisotopic (exact) mass is 306 g/mol. The molecule has 0 aromatic carbocycles. The number of aliphatic hydroxyl groups excluding tert-OH is 1. The van der Waals surface area contributed by atoms with Crippen LogP contribution in [0.25, 0.3) is 0 Å². The van der Waals surface area contributed by atoms with Gasteiger partial charge in [-0.15, -0.1) is 0 Å². The number of likely N-dealkylation sites (tertiary alicyclic amines) is 1. The topological polar surface area (TPSA) is 62.7 Å². The van der Waals surface area contributed by atoms with E-state index in [9.17, 15) is 9.90 Å². The quantitative estimate of drug-likeness (QED) is 0.932. The number of piperidine rings is 1. The minimum atomic E-state index is -0.488. The Morgan fingerprint density at radius 2 is 2.27 bits per heavy atom. The number of aryl methyl sites for hydroxylation is 1. The number of amides is 1. The first-order valence-corrected chi connectivity index (χ1v) is 7.90. The molecule has 1 amide bonds. The Labute approximate surface area is 132 Å². The summed E-state index contributed by atoms with van der Waals surface area (Å²) in [6.45, 7) is 6.70. The first-order chi connectivity index (χ1) is 10.3. The Bertz CT molecular complexity index is 484. The van der Waals surface area contributed by atoms with Gasteiger partial charge in [0.05, 0.1) is 6.10 Å². The summed E-state index contributed by atoms with van der Waals surface area (Å²) in [6.07, 6.45) is 5.27. The fraction of sp³-hybridized carbons (Fsp3) is 0.647. The minimum Gasteiger partial charge on any atom is -0.444 e. The molecule has 122 valence electrons. The van der Waals surface area contributed by atoms with Crippen molar-refractivity contribution < 1.29 is 14.6 Å².